The minimum Gasteiger partial charge on any atom is -0.299 e. The first-order chi connectivity index (χ1) is 6.24. The smallest absolute Gasteiger partial charge is 0.0443 e. The van der Waals surface area contributed by atoms with E-state index in [0.717, 1.165) is 18.2 Å². The quantitative estimate of drug-likeness (QED) is 0.499. The lowest BCUT2D eigenvalue weighted by Gasteiger charge is -2.31. The van der Waals surface area contributed by atoms with Crippen molar-refractivity contribution in [2.75, 3.05) is 19.5 Å². The van der Waals surface area contributed by atoms with Crippen LogP contribution < -0.4 is 0 Å². The Hall–Kier alpha value is -0.0100. The van der Waals surface area contributed by atoms with Crippen LogP contribution in [0.5, 0.6) is 0 Å². The molecule has 0 aliphatic heterocycles. The molecule has 0 bridgehead atoms. The van der Waals surface area contributed by atoms with Gasteiger partial charge in [0, 0.05) is 18.5 Å². The first kappa shape index (κ1) is 11.1. The van der Waals surface area contributed by atoms with Gasteiger partial charge in [-0.25, -0.2) is 0 Å². The third-order valence-corrected chi connectivity index (χ3v) is 3.24. The van der Waals surface area contributed by atoms with Crippen LogP contribution in [-0.4, -0.2) is 30.4 Å². The summed E-state index contributed by atoms with van der Waals surface area (Å²) in [7, 11) is 2.19. The highest BCUT2D eigenvalue weighted by atomic mass is 35.5. The largest absolute Gasteiger partial charge is 0.299 e. The van der Waals surface area contributed by atoms with Gasteiger partial charge in [0.1, 0.15) is 0 Å². The van der Waals surface area contributed by atoms with Crippen molar-refractivity contribution in [1.82, 2.24) is 4.90 Å². The second kappa shape index (κ2) is 5.66. The highest BCUT2D eigenvalue weighted by molar-refractivity contribution is 6.19. The summed E-state index contributed by atoms with van der Waals surface area (Å²) in [6.45, 7) is 4.90. The SMILES string of the molecule is C=C(CCl)CN(C)C1CCCCC1. The Morgan fingerprint density at radius 3 is 2.54 bits per heavy atom. The first-order valence-corrected chi connectivity index (χ1v) is 5.70. The normalized spacial score (nSPS) is 19.3. The molecule has 0 amide bonds. The molecule has 1 aliphatic rings. The van der Waals surface area contributed by atoms with E-state index in [1.165, 1.54) is 32.1 Å². The molecule has 1 fully saturated rings. The number of alkyl halides is 1. The van der Waals surface area contributed by atoms with Crippen molar-refractivity contribution in [1.29, 1.82) is 0 Å². The van der Waals surface area contributed by atoms with Gasteiger partial charge in [-0.15, -0.1) is 11.6 Å². The van der Waals surface area contributed by atoms with Crippen LogP contribution in [0.15, 0.2) is 12.2 Å². The third kappa shape index (κ3) is 3.70. The molecule has 1 rings (SSSR count). The average Bonchev–Trinajstić information content (AvgIpc) is 2.19. The average molecular weight is 202 g/mol. The van der Waals surface area contributed by atoms with Crippen LogP contribution in [0.2, 0.25) is 0 Å². The van der Waals surface area contributed by atoms with Crippen molar-refractivity contribution in [3.63, 3.8) is 0 Å². The predicted molar refractivity (Wildman–Crippen MR) is 59.4 cm³/mol. The Morgan fingerprint density at radius 2 is 2.00 bits per heavy atom. The highest BCUT2D eigenvalue weighted by Gasteiger charge is 2.17. The Kier molecular flexibility index (Phi) is 4.82. The van der Waals surface area contributed by atoms with E-state index in [1.807, 2.05) is 0 Å². The number of likely N-dealkylation sites (N-methyl/N-ethyl adjacent to an activating group) is 1. The molecular weight excluding hydrogens is 182 g/mol. The lowest BCUT2D eigenvalue weighted by Crippen LogP contribution is -2.34. The van der Waals surface area contributed by atoms with E-state index >= 15 is 0 Å². The molecule has 13 heavy (non-hydrogen) atoms. The maximum absolute atomic E-state index is 5.71. The zero-order chi connectivity index (χ0) is 9.68. The molecule has 0 aromatic heterocycles. The summed E-state index contributed by atoms with van der Waals surface area (Å²) >= 11 is 5.71. The molecule has 1 saturated carbocycles. The van der Waals surface area contributed by atoms with Crippen molar-refractivity contribution in [2.24, 2.45) is 0 Å². The molecule has 0 radical (unpaired) electrons. The van der Waals surface area contributed by atoms with E-state index < -0.39 is 0 Å². The highest BCUT2D eigenvalue weighted by Crippen LogP contribution is 2.21. The van der Waals surface area contributed by atoms with Gasteiger partial charge < -0.3 is 0 Å². The fraction of sp³-hybridized carbons (Fsp3) is 0.818. The van der Waals surface area contributed by atoms with Gasteiger partial charge in [0.05, 0.1) is 0 Å². The molecule has 0 N–H and O–H groups in total. The summed E-state index contributed by atoms with van der Waals surface area (Å²) < 4.78 is 0. The van der Waals surface area contributed by atoms with Crippen molar-refractivity contribution in [2.45, 2.75) is 38.1 Å². The number of nitrogens with zero attached hydrogens (tertiary/aromatic N) is 1. The third-order valence-electron chi connectivity index (χ3n) is 2.86. The van der Waals surface area contributed by atoms with Crippen molar-refractivity contribution >= 4 is 11.6 Å². The molecule has 2 heteroatoms. The zero-order valence-corrected chi connectivity index (χ0v) is 9.32. The minimum atomic E-state index is 0.594. The second-order valence-electron chi connectivity index (χ2n) is 4.09. The minimum absolute atomic E-state index is 0.594. The standard InChI is InChI=1S/C11H20ClN/c1-10(8-12)9-13(2)11-6-4-3-5-7-11/h11H,1,3-9H2,2H3. The number of rotatable bonds is 4. The van der Waals surface area contributed by atoms with E-state index in [4.69, 9.17) is 11.6 Å². The van der Waals surface area contributed by atoms with E-state index in [9.17, 15) is 0 Å². The molecule has 0 saturated heterocycles. The van der Waals surface area contributed by atoms with Crippen LogP contribution >= 0.6 is 11.6 Å². The summed E-state index contributed by atoms with van der Waals surface area (Å²) in [5, 5.41) is 0. The Bertz CT molecular complexity index is 161. The topological polar surface area (TPSA) is 3.24 Å². The maximum atomic E-state index is 5.71. The van der Waals surface area contributed by atoms with E-state index in [0.29, 0.717) is 5.88 Å². The molecule has 0 aromatic rings. The molecule has 0 unspecified atom stereocenters. The Morgan fingerprint density at radius 1 is 1.38 bits per heavy atom. The molecule has 0 aromatic carbocycles. The summed E-state index contributed by atoms with van der Waals surface area (Å²) in [6, 6.07) is 0.772. The lowest BCUT2D eigenvalue weighted by molar-refractivity contribution is 0.206. The monoisotopic (exact) mass is 201 g/mol. The fourth-order valence-corrected chi connectivity index (χ4v) is 2.13. The summed E-state index contributed by atoms with van der Waals surface area (Å²) in [4.78, 5) is 2.41. The number of halogens is 1. The van der Waals surface area contributed by atoms with Crippen molar-refractivity contribution < 1.29 is 0 Å². The molecule has 1 nitrogen and oxygen atoms in total. The fourth-order valence-electron chi connectivity index (χ4n) is 2.05. The van der Waals surface area contributed by atoms with Gasteiger partial charge in [-0.3, -0.25) is 4.90 Å². The van der Waals surface area contributed by atoms with Crippen LogP contribution in [0.4, 0.5) is 0 Å². The van der Waals surface area contributed by atoms with Crippen LogP contribution in [0.3, 0.4) is 0 Å². The lowest BCUT2D eigenvalue weighted by atomic mass is 9.94. The maximum Gasteiger partial charge on any atom is 0.0443 e. The molecule has 1 aliphatic carbocycles. The first-order valence-electron chi connectivity index (χ1n) is 5.17. The molecule has 0 spiro atoms. The predicted octanol–water partition coefficient (Wildman–Crippen LogP) is 3.05. The van der Waals surface area contributed by atoms with Gasteiger partial charge >= 0.3 is 0 Å². The van der Waals surface area contributed by atoms with E-state index in [1.54, 1.807) is 0 Å². The second-order valence-corrected chi connectivity index (χ2v) is 4.36. The summed E-state index contributed by atoms with van der Waals surface area (Å²) in [5.41, 5.74) is 1.13. The molecule has 0 atom stereocenters. The van der Waals surface area contributed by atoms with Crippen LogP contribution in [0.25, 0.3) is 0 Å². The van der Waals surface area contributed by atoms with Gasteiger partial charge in [0.2, 0.25) is 0 Å². The van der Waals surface area contributed by atoms with E-state index in [-0.39, 0.29) is 0 Å². The van der Waals surface area contributed by atoms with Gasteiger partial charge in [-0.05, 0) is 25.5 Å². The van der Waals surface area contributed by atoms with E-state index in [2.05, 4.69) is 18.5 Å². The number of hydrogen-bond donors (Lipinski definition) is 0. The van der Waals surface area contributed by atoms with Gasteiger partial charge in [-0.1, -0.05) is 25.8 Å². The molecular formula is C11H20ClN. The van der Waals surface area contributed by atoms with Crippen LogP contribution in [-0.2, 0) is 0 Å². The molecule has 76 valence electrons. The zero-order valence-electron chi connectivity index (χ0n) is 8.56. The van der Waals surface area contributed by atoms with Crippen LogP contribution in [0, 0.1) is 0 Å². The van der Waals surface area contributed by atoms with Gasteiger partial charge in [0.15, 0.2) is 0 Å². The van der Waals surface area contributed by atoms with Gasteiger partial charge in [-0.2, -0.15) is 0 Å². The Labute approximate surface area is 86.8 Å². The summed E-state index contributed by atoms with van der Waals surface area (Å²) in [5.74, 6) is 0.594. The van der Waals surface area contributed by atoms with Crippen LogP contribution in [0.1, 0.15) is 32.1 Å². The van der Waals surface area contributed by atoms with Crippen molar-refractivity contribution in [3.05, 3.63) is 12.2 Å². The van der Waals surface area contributed by atoms with Gasteiger partial charge in [0.25, 0.3) is 0 Å². The summed E-state index contributed by atoms with van der Waals surface area (Å²) in [6.07, 6.45) is 6.91. The van der Waals surface area contributed by atoms with Crippen molar-refractivity contribution in [3.8, 4) is 0 Å². The molecule has 0 heterocycles. The number of hydrogen-bond acceptors (Lipinski definition) is 1. The Balaban J connectivity index is 2.28.